The van der Waals surface area contributed by atoms with Gasteiger partial charge in [-0.25, -0.2) is 0 Å². The van der Waals surface area contributed by atoms with Gasteiger partial charge in [0.25, 0.3) is 0 Å². The number of aliphatic hydroxyl groups excluding tert-OH is 1. The third-order valence-electron chi connectivity index (χ3n) is 9.32. The van der Waals surface area contributed by atoms with Gasteiger partial charge in [0.05, 0.1) is 6.10 Å². The van der Waals surface area contributed by atoms with Gasteiger partial charge in [-0.15, -0.1) is 0 Å². The number of rotatable bonds is 1. The smallest absolute Gasteiger partial charge is 0.225 e. The first-order valence-corrected chi connectivity index (χ1v) is 10.6. The maximum atomic E-state index is 12.8. The summed E-state index contributed by atoms with van der Waals surface area (Å²) >= 11 is 0. The third kappa shape index (κ3) is 2.36. The molecule has 0 spiro atoms. The van der Waals surface area contributed by atoms with E-state index >= 15 is 0 Å². The fraction of sp³-hybridized carbons (Fsp3) is 0.909. The van der Waals surface area contributed by atoms with Gasteiger partial charge in [-0.05, 0) is 67.6 Å². The average Bonchev–Trinajstić information content (AvgIpc) is 2.92. The lowest BCUT2D eigenvalue weighted by Gasteiger charge is -2.61. The molecule has 1 N–H and O–H groups in total. The summed E-state index contributed by atoms with van der Waals surface area (Å²) < 4.78 is 0. The Labute approximate surface area is 157 Å². The van der Waals surface area contributed by atoms with Gasteiger partial charge in [-0.2, -0.15) is 0 Å². The van der Waals surface area contributed by atoms with E-state index in [2.05, 4.69) is 13.8 Å². The van der Waals surface area contributed by atoms with E-state index in [0.717, 1.165) is 32.1 Å². The highest BCUT2D eigenvalue weighted by Crippen LogP contribution is 2.67. The molecule has 4 fully saturated rings. The lowest BCUT2D eigenvalue weighted by molar-refractivity contribution is -0.172. The molecule has 0 aromatic heterocycles. The Morgan fingerprint density at radius 3 is 2.46 bits per heavy atom. The highest BCUT2D eigenvalue weighted by atomic mass is 16.3. The monoisotopic (exact) mass is 361 g/mol. The van der Waals surface area contributed by atoms with E-state index in [1.54, 1.807) is 4.90 Å². The number of fused-ring (bicyclic) bond motifs is 5. The second-order valence-corrected chi connectivity index (χ2v) is 10.4. The van der Waals surface area contributed by atoms with Gasteiger partial charge in [0, 0.05) is 38.3 Å². The Balaban J connectivity index is 1.63. The van der Waals surface area contributed by atoms with E-state index in [-0.39, 0.29) is 22.5 Å². The van der Waals surface area contributed by atoms with Crippen LogP contribution < -0.4 is 0 Å². The molecule has 146 valence electrons. The third-order valence-corrected chi connectivity index (χ3v) is 9.32. The summed E-state index contributed by atoms with van der Waals surface area (Å²) in [6.45, 7) is 4.63. The highest BCUT2D eigenvalue weighted by Gasteiger charge is 2.63. The summed E-state index contributed by atoms with van der Waals surface area (Å²) in [4.78, 5) is 26.6. The maximum absolute atomic E-state index is 12.8. The molecule has 8 unspecified atom stereocenters. The predicted molar refractivity (Wildman–Crippen MR) is 100 cm³/mol. The molecule has 0 aromatic rings. The molecule has 0 heterocycles. The molecule has 0 aromatic carbocycles. The van der Waals surface area contributed by atoms with Crippen LogP contribution in [0, 0.1) is 40.4 Å². The maximum Gasteiger partial charge on any atom is 0.225 e. The molecule has 4 heteroatoms. The Morgan fingerprint density at radius 2 is 1.77 bits per heavy atom. The van der Waals surface area contributed by atoms with Crippen molar-refractivity contribution in [3.05, 3.63) is 0 Å². The summed E-state index contributed by atoms with van der Waals surface area (Å²) in [6.07, 6.45) is 7.14. The van der Waals surface area contributed by atoms with Crippen LogP contribution in [0.4, 0.5) is 0 Å². The van der Waals surface area contributed by atoms with Gasteiger partial charge in [0.2, 0.25) is 5.91 Å². The number of hydrogen-bond donors (Lipinski definition) is 1. The van der Waals surface area contributed by atoms with Crippen LogP contribution in [-0.4, -0.2) is 41.9 Å². The summed E-state index contributed by atoms with van der Waals surface area (Å²) in [5, 5.41) is 10.9. The molecule has 4 rings (SSSR count). The Kier molecular flexibility index (Phi) is 4.30. The van der Waals surface area contributed by atoms with Gasteiger partial charge < -0.3 is 10.0 Å². The quantitative estimate of drug-likeness (QED) is 0.780. The predicted octanol–water partition coefficient (Wildman–Crippen LogP) is 3.27. The summed E-state index contributed by atoms with van der Waals surface area (Å²) in [5.74, 6) is 2.77. The second kappa shape index (κ2) is 6.05. The molecule has 0 saturated heterocycles. The van der Waals surface area contributed by atoms with Crippen molar-refractivity contribution in [2.75, 3.05) is 14.1 Å². The molecule has 0 radical (unpaired) electrons. The van der Waals surface area contributed by atoms with Crippen molar-refractivity contribution in [2.24, 2.45) is 40.4 Å². The number of nitrogens with zero attached hydrogens (tertiary/aromatic N) is 1. The lowest BCUT2D eigenvalue weighted by atomic mass is 9.44. The zero-order valence-electron chi connectivity index (χ0n) is 16.8. The summed E-state index contributed by atoms with van der Waals surface area (Å²) in [5.41, 5.74) is 0.00293. The molecule has 0 aliphatic heterocycles. The first-order chi connectivity index (χ1) is 12.2. The van der Waals surface area contributed by atoms with Crippen molar-refractivity contribution in [3.63, 3.8) is 0 Å². The zero-order valence-corrected chi connectivity index (χ0v) is 16.8. The molecule has 8 atom stereocenters. The zero-order chi connectivity index (χ0) is 18.9. The largest absolute Gasteiger partial charge is 0.392 e. The SMILES string of the molecule is CN(C)C(=O)C1CCC2C3CCC4CC(=O)CC(O)C4(C)C3CCC12C. The number of amides is 1. The standard InChI is InChI=1S/C22H35NO3/c1-21-10-9-17-15(16(21)7-8-18(21)20(26)23(3)4)6-5-13-11-14(24)12-19(25)22(13,17)2/h13,15-19,25H,5-12H2,1-4H3. The summed E-state index contributed by atoms with van der Waals surface area (Å²) in [6, 6.07) is 0. The molecular formula is C22H35NO3. The van der Waals surface area contributed by atoms with E-state index in [4.69, 9.17) is 0 Å². The molecule has 26 heavy (non-hydrogen) atoms. The van der Waals surface area contributed by atoms with Crippen molar-refractivity contribution in [1.82, 2.24) is 4.90 Å². The van der Waals surface area contributed by atoms with Crippen LogP contribution >= 0.6 is 0 Å². The summed E-state index contributed by atoms with van der Waals surface area (Å²) in [7, 11) is 3.76. The molecular weight excluding hydrogens is 326 g/mol. The number of Topliss-reactive ketones (excluding diaryl/α,β-unsaturated/α-hetero) is 1. The van der Waals surface area contributed by atoms with E-state index in [9.17, 15) is 14.7 Å². The highest BCUT2D eigenvalue weighted by molar-refractivity contribution is 5.80. The topological polar surface area (TPSA) is 57.6 Å². The van der Waals surface area contributed by atoms with E-state index in [0.29, 0.717) is 42.4 Å². The lowest BCUT2D eigenvalue weighted by Crippen LogP contribution is -2.59. The number of ketones is 1. The van der Waals surface area contributed by atoms with Gasteiger partial charge >= 0.3 is 0 Å². The molecule has 4 aliphatic rings. The van der Waals surface area contributed by atoms with E-state index in [1.807, 2.05) is 14.1 Å². The van der Waals surface area contributed by atoms with E-state index < -0.39 is 6.10 Å². The molecule has 4 nitrogen and oxygen atoms in total. The fourth-order valence-corrected chi connectivity index (χ4v) is 7.82. The van der Waals surface area contributed by atoms with Crippen LogP contribution in [0.5, 0.6) is 0 Å². The number of carbonyl (C=O) groups excluding carboxylic acids is 2. The number of aliphatic hydroxyl groups is 1. The average molecular weight is 362 g/mol. The van der Waals surface area contributed by atoms with Gasteiger partial charge in [-0.3, -0.25) is 9.59 Å². The van der Waals surface area contributed by atoms with Crippen molar-refractivity contribution in [2.45, 2.75) is 71.3 Å². The first kappa shape index (κ1) is 18.5. The number of hydrogen-bond acceptors (Lipinski definition) is 3. The van der Waals surface area contributed by atoms with Crippen LogP contribution in [0.3, 0.4) is 0 Å². The molecule has 4 saturated carbocycles. The first-order valence-electron chi connectivity index (χ1n) is 10.6. The number of carbonyl (C=O) groups is 2. The van der Waals surface area contributed by atoms with Gasteiger partial charge in [-0.1, -0.05) is 13.8 Å². The van der Waals surface area contributed by atoms with Gasteiger partial charge in [0.15, 0.2) is 0 Å². The van der Waals surface area contributed by atoms with Crippen LogP contribution in [0.25, 0.3) is 0 Å². The van der Waals surface area contributed by atoms with Gasteiger partial charge in [0.1, 0.15) is 5.78 Å². The van der Waals surface area contributed by atoms with Crippen molar-refractivity contribution >= 4 is 11.7 Å². The Hall–Kier alpha value is -0.900. The molecule has 4 aliphatic carbocycles. The van der Waals surface area contributed by atoms with Crippen LogP contribution in [0.15, 0.2) is 0 Å². The van der Waals surface area contributed by atoms with Crippen LogP contribution in [0.1, 0.15) is 65.2 Å². The van der Waals surface area contributed by atoms with Crippen molar-refractivity contribution in [3.8, 4) is 0 Å². The Morgan fingerprint density at radius 1 is 1.04 bits per heavy atom. The minimum atomic E-state index is -0.480. The van der Waals surface area contributed by atoms with Crippen LogP contribution in [0.2, 0.25) is 0 Å². The van der Waals surface area contributed by atoms with Crippen molar-refractivity contribution < 1.29 is 14.7 Å². The van der Waals surface area contributed by atoms with E-state index in [1.165, 1.54) is 6.42 Å². The van der Waals surface area contributed by atoms with Crippen LogP contribution in [-0.2, 0) is 9.59 Å². The fourth-order valence-electron chi connectivity index (χ4n) is 7.82. The normalized spacial score (nSPS) is 50.6. The second-order valence-electron chi connectivity index (χ2n) is 10.4. The van der Waals surface area contributed by atoms with Crippen molar-refractivity contribution in [1.29, 1.82) is 0 Å². The molecule has 0 bridgehead atoms. The molecule has 1 amide bonds. The minimum Gasteiger partial charge on any atom is -0.392 e. The Bertz CT molecular complexity index is 617. The minimum absolute atomic E-state index is 0.109.